The molecule has 0 aromatic heterocycles. The van der Waals surface area contributed by atoms with E-state index < -0.39 is 23.8 Å². The van der Waals surface area contributed by atoms with Crippen LogP contribution in [0.25, 0.3) is 0 Å². The van der Waals surface area contributed by atoms with E-state index in [9.17, 15) is 24.0 Å². The van der Waals surface area contributed by atoms with E-state index >= 15 is 0 Å². The Bertz CT molecular complexity index is 1470. The molecule has 2 aromatic carbocycles. The maximum Gasteiger partial charge on any atom is 0.265 e. The van der Waals surface area contributed by atoms with E-state index in [2.05, 4.69) is 38.2 Å². The van der Waals surface area contributed by atoms with Crippen LogP contribution in [0.3, 0.4) is 0 Å². The minimum absolute atomic E-state index is 0.103. The molecule has 1 atom stereocenters. The van der Waals surface area contributed by atoms with Gasteiger partial charge in [-0.05, 0) is 68.6 Å². The second kappa shape index (κ2) is 17.9. The quantitative estimate of drug-likeness (QED) is 0.105. The monoisotopic (exact) mass is 673 g/mol. The van der Waals surface area contributed by atoms with E-state index in [1.807, 2.05) is 24.3 Å². The maximum absolute atomic E-state index is 13.2. The van der Waals surface area contributed by atoms with Gasteiger partial charge in [-0.3, -0.25) is 44.5 Å². The van der Waals surface area contributed by atoms with Gasteiger partial charge in [0.15, 0.2) is 0 Å². The number of anilines is 2. The summed E-state index contributed by atoms with van der Waals surface area (Å²) in [5.74, 6) is -2.05. The fourth-order valence-corrected chi connectivity index (χ4v) is 6.80. The highest BCUT2D eigenvalue weighted by Crippen LogP contribution is 2.32. The smallest absolute Gasteiger partial charge is 0.265 e. The van der Waals surface area contributed by atoms with Crippen molar-refractivity contribution in [1.82, 2.24) is 26.0 Å². The largest absolute Gasteiger partial charge is 0.384 e. The second-order valence-corrected chi connectivity index (χ2v) is 13.2. The molecule has 4 N–H and O–H groups in total. The molecule has 5 amide bonds. The molecular weight excluding hydrogens is 622 g/mol. The predicted octanol–water partition coefficient (Wildman–Crippen LogP) is 4.09. The van der Waals surface area contributed by atoms with Gasteiger partial charge in [0.2, 0.25) is 11.8 Å². The van der Waals surface area contributed by atoms with Gasteiger partial charge >= 0.3 is 0 Å². The topological polar surface area (TPSA) is 143 Å². The Balaban J connectivity index is 0.898. The third kappa shape index (κ3) is 9.45. The van der Waals surface area contributed by atoms with Crippen molar-refractivity contribution in [2.75, 3.05) is 56.0 Å². The minimum Gasteiger partial charge on any atom is -0.384 e. The molecule has 3 aliphatic rings. The minimum atomic E-state index is -0.959. The van der Waals surface area contributed by atoms with E-state index in [4.69, 9.17) is 0 Å². The molecule has 2 saturated heterocycles. The molecule has 0 saturated carbocycles. The number of nitrogens with one attached hydrogen (secondary N) is 4. The molecule has 0 spiro atoms. The van der Waals surface area contributed by atoms with E-state index in [0.29, 0.717) is 28.9 Å². The van der Waals surface area contributed by atoms with E-state index in [-0.39, 0.29) is 24.7 Å². The van der Waals surface area contributed by atoms with Crippen LogP contribution in [0.2, 0.25) is 0 Å². The number of hydrogen-bond acceptors (Lipinski definition) is 9. The number of carbonyl (C=O) groups excluding carboxylic acids is 5. The predicted molar refractivity (Wildman–Crippen MR) is 189 cm³/mol. The van der Waals surface area contributed by atoms with Crippen LogP contribution >= 0.6 is 0 Å². The third-order valence-electron chi connectivity index (χ3n) is 9.63. The van der Waals surface area contributed by atoms with Gasteiger partial charge in [-0.1, -0.05) is 51.5 Å². The number of nitrogens with zero attached hydrogens (tertiary/aromatic N) is 3. The lowest BCUT2D eigenvalue weighted by Gasteiger charge is -2.36. The van der Waals surface area contributed by atoms with Crippen LogP contribution < -0.4 is 26.4 Å². The van der Waals surface area contributed by atoms with Crippen molar-refractivity contribution in [2.24, 2.45) is 0 Å². The molecule has 2 aromatic rings. The van der Waals surface area contributed by atoms with Crippen molar-refractivity contribution in [3.63, 3.8) is 0 Å². The number of amides is 5. The Morgan fingerprint density at radius 2 is 1.51 bits per heavy atom. The van der Waals surface area contributed by atoms with Crippen LogP contribution in [0.4, 0.5) is 11.4 Å². The fraction of sp³-hybridized carbons (Fsp3) is 0.541. The van der Waals surface area contributed by atoms with Crippen LogP contribution in [0.1, 0.15) is 109 Å². The molecule has 1 unspecified atom stereocenters. The van der Waals surface area contributed by atoms with Gasteiger partial charge in [-0.15, -0.1) is 0 Å². The zero-order valence-electron chi connectivity index (χ0n) is 28.7. The molecule has 2 fully saturated rings. The van der Waals surface area contributed by atoms with Crippen LogP contribution in [0, 0.1) is 0 Å². The summed E-state index contributed by atoms with van der Waals surface area (Å²) in [6.45, 7) is 8.77. The van der Waals surface area contributed by atoms with E-state index in [1.165, 1.54) is 44.2 Å². The number of imide groups is 2. The Labute approximate surface area is 289 Å². The highest BCUT2D eigenvalue weighted by molar-refractivity contribution is 6.25. The van der Waals surface area contributed by atoms with Crippen molar-refractivity contribution in [3.05, 3.63) is 59.2 Å². The number of hydrazine groups is 1. The summed E-state index contributed by atoms with van der Waals surface area (Å²) in [4.78, 5) is 68.3. The van der Waals surface area contributed by atoms with Crippen LogP contribution in [0.15, 0.2) is 42.5 Å². The molecule has 3 heterocycles. The first-order valence-electron chi connectivity index (χ1n) is 18.1. The van der Waals surface area contributed by atoms with Crippen molar-refractivity contribution < 1.29 is 24.0 Å². The number of rotatable bonds is 18. The average molecular weight is 674 g/mol. The Morgan fingerprint density at radius 3 is 2.20 bits per heavy atom. The SMILES string of the molecule is CCCNNC(=O)c1ccc(N2CCN(CCCCCCCCCCNc3cccc4c3C(=O)N(C3CCC(=O)NC3=O)C4=O)CC2)cc1. The zero-order valence-corrected chi connectivity index (χ0v) is 28.7. The molecule has 0 aliphatic carbocycles. The Kier molecular flexibility index (Phi) is 13.2. The lowest BCUT2D eigenvalue weighted by Crippen LogP contribution is -2.54. The van der Waals surface area contributed by atoms with Crippen LogP contribution in [0.5, 0.6) is 0 Å². The van der Waals surface area contributed by atoms with E-state index in [0.717, 1.165) is 63.4 Å². The molecule has 5 rings (SSSR count). The summed E-state index contributed by atoms with van der Waals surface area (Å²) in [7, 11) is 0. The standard InChI is InChI=1S/C37H51N7O5/c1-2-20-39-41-34(46)27-14-16-28(17-15-27)43-25-23-42(24-26-43)22-10-8-6-4-3-5-7-9-21-38-30-13-11-12-29-33(30)37(49)44(36(29)48)31-18-19-32(45)40-35(31)47/h11-17,31,38-39H,2-10,18-26H2,1H3,(H,41,46)(H,40,45,47). The molecular formula is C37H51N7O5. The average Bonchev–Trinajstić information content (AvgIpc) is 3.37. The summed E-state index contributed by atoms with van der Waals surface area (Å²) in [6.07, 6.45) is 10.6. The molecule has 3 aliphatic heterocycles. The molecule has 12 heteroatoms. The van der Waals surface area contributed by atoms with Crippen molar-refractivity contribution >= 4 is 40.9 Å². The van der Waals surface area contributed by atoms with E-state index in [1.54, 1.807) is 18.2 Å². The first-order valence-corrected chi connectivity index (χ1v) is 18.1. The molecule has 264 valence electrons. The van der Waals surface area contributed by atoms with Gasteiger partial charge < -0.3 is 10.2 Å². The van der Waals surface area contributed by atoms with Crippen LogP contribution in [-0.2, 0) is 9.59 Å². The highest BCUT2D eigenvalue weighted by atomic mass is 16.2. The summed E-state index contributed by atoms with van der Waals surface area (Å²) in [5.41, 5.74) is 8.72. The van der Waals surface area contributed by atoms with Gasteiger partial charge in [0.1, 0.15) is 6.04 Å². The number of unbranched alkanes of at least 4 members (excludes halogenated alkanes) is 7. The number of piperidine rings is 1. The first-order chi connectivity index (χ1) is 23.9. The molecule has 12 nitrogen and oxygen atoms in total. The molecule has 0 radical (unpaired) electrons. The lowest BCUT2D eigenvalue weighted by molar-refractivity contribution is -0.136. The van der Waals surface area contributed by atoms with Gasteiger partial charge in [0.05, 0.1) is 11.1 Å². The summed E-state index contributed by atoms with van der Waals surface area (Å²) >= 11 is 0. The second-order valence-electron chi connectivity index (χ2n) is 13.2. The summed E-state index contributed by atoms with van der Waals surface area (Å²) < 4.78 is 0. The number of piperazine rings is 1. The first kappa shape index (κ1) is 36.0. The normalized spacial score (nSPS) is 18.1. The molecule has 0 bridgehead atoms. The molecule has 49 heavy (non-hydrogen) atoms. The maximum atomic E-state index is 13.2. The summed E-state index contributed by atoms with van der Waals surface area (Å²) in [6, 6.07) is 12.1. The third-order valence-corrected chi connectivity index (χ3v) is 9.63. The number of benzene rings is 2. The summed E-state index contributed by atoms with van der Waals surface area (Å²) in [5, 5.41) is 5.57. The fourth-order valence-electron chi connectivity index (χ4n) is 6.80. The Hall–Kier alpha value is -4.29. The lowest BCUT2D eigenvalue weighted by atomic mass is 10.0. The van der Waals surface area contributed by atoms with Crippen molar-refractivity contribution in [1.29, 1.82) is 0 Å². The number of carbonyl (C=O) groups is 5. The van der Waals surface area contributed by atoms with Gasteiger partial charge in [0.25, 0.3) is 17.7 Å². The van der Waals surface area contributed by atoms with Gasteiger partial charge in [-0.25, -0.2) is 5.43 Å². The van der Waals surface area contributed by atoms with Crippen LogP contribution in [-0.4, -0.2) is 91.2 Å². The Morgan fingerprint density at radius 1 is 0.816 bits per heavy atom. The van der Waals surface area contributed by atoms with Gasteiger partial charge in [-0.2, -0.15) is 0 Å². The van der Waals surface area contributed by atoms with Crippen molar-refractivity contribution in [2.45, 2.75) is 83.6 Å². The number of hydrogen-bond donors (Lipinski definition) is 4. The van der Waals surface area contributed by atoms with Crippen molar-refractivity contribution in [3.8, 4) is 0 Å². The zero-order chi connectivity index (χ0) is 34.6. The highest BCUT2D eigenvalue weighted by Gasteiger charge is 2.45. The number of fused-ring (bicyclic) bond motifs is 1. The van der Waals surface area contributed by atoms with Gasteiger partial charge in [0, 0.05) is 62.6 Å².